The van der Waals surface area contributed by atoms with Gasteiger partial charge in [-0.1, -0.05) is 51.5 Å². The number of halogens is 2. The minimum absolute atomic E-state index is 0.176. The van der Waals surface area contributed by atoms with Crippen LogP contribution in [0.1, 0.15) is 31.0 Å². The summed E-state index contributed by atoms with van der Waals surface area (Å²) >= 11 is 7.02. The molecule has 3 aromatic rings. The SMILES string of the molecule is CCOC(=O)C1=C(C)N=c2s/c(=C\c3ccc(I)cc3)c(=O)n2[C@@H]1c1ccc(Br)cc1. The van der Waals surface area contributed by atoms with E-state index < -0.39 is 12.0 Å². The number of carbonyl (C=O) groups is 1. The highest BCUT2D eigenvalue weighted by atomic mass is 127. The predicted molar refractivity (Wildman–Crippen MR) is 134 cm³/mol. The lowest BCUT2D eigenvalue weighted by molar-refractivity contribution is -0.139. The van der Waals surface area contributed by atoms with Crippen LogP contribution < -0.4 is 14.9 Å². The number of carbonyl (C=O) groups excluding carboxylic acids is 1. The van der Waals surface area contributed by atoms with Crippen LogP contribution in [0.15, 0.2) is 74.1 Å². The van der Waals surface area contributed by atoms with Crippen LogP contribution in [0, 0.1) is 3.57 Å². The molecular weight excluding hydrogens is 591 g/mol. The Hall–Kier alpha value is -2.04. The Morgan fingerprint density at radius 2 is 1.90 bits per heavy atom. The van der Waals surface area contributed by atoms with Crippen LogP contribution in [0.4, 0.5) is 0 Å². The summed E-state index contributed by atoms with van der Waals surface area (Å²) in [4.78, 5) is 31.5. The molecule has 1 aliphatic rings. The number of hydrogen-bond acceptors (Lipinski definition) is 5. The normalized spacial score (nSPS) is 16.1. The lowest BCUT2D eigenvalue weighted by atomic mass is 9.96. The molecule has 0 aliphatic carbocycles. The van der Waals surface area contributed by atoms with E-state index in [1.165, 1.54) is 11.3 Å². The molecule has 158 valence electrons. The molecule has 0 saturated carbocycles. The number of esters is 1. The van der Waals surface area contributed by atoms with Crippen LogP contribution >= 0.6 is 49.9 Å². The van der Waals surface area contributed by atoms with E-state index in [-0.39, 0.29) is 12.2 Å². The van der Waals surface area contributed by atoms with Crippen molar-refractivity contribution in [2.75, 3.05) is 6.61 Å². The molecule has 2 heterocycles. The molecule has 0 amide bonds. The van der Waals surface area contributed by atoms with Crippen LogP contribution in [-0.4, -0.2) is 17.1 Å². The van der Waals surface area contributed by atoms with E-state index in [1.54, 1.807) is 18.4 Å². The fourth-order valence-corrected chi connectivity index (χ4v) is 5.13. The lowest BCUT2D eigenvalue weighted by Crippen LogP contribution is -2.39. The van der Waals surface area contributed by atoms with Crippen molar-refractivity contribution in [3.8, 4) is 0 Å². The third-order valence-electron chi connectivity index (χ3n) is 4.87. The zero-order chi connectivity index (χ0) is 22.1. The Bertz CT molecular complexity index is 1360. The van der Waals surface area contributed by atoms with Gasteiger partial charge in [-0.3, -0.25) is 9.36 Å². The van der Waals surface area contributed by atoms with Gasteiger partial charge in [0.1, 0.15) is 0 Å². The number of rotatable bonds is 4. The minimum Gasteiger partial charge on any atom is -0.463 e. The number of aromatic nitrogens is 1. The summed E-state index contributed by atoms with van der Waals surface area (Å²) in [6, 6.07) is 15.0. The van der Waals surface area contributed by atoms with Crippen LogP contribution in [0.2, 0.25) is 0 Å². The van der Waals surface area contributed by atoms with Gasteiger partial charge in [0.25, 0.3) is 5.56 Å². The largest absolute Gasteiger partial charge is 0.463 e. The van der Waals surface area contributed by atoms with Gasteiger partial charge in [0, 0.05) is 8.04 Å². The van der Waals surface area contributed by atoms with Gasteiger partial charge in [-0.15, -0.1) is 0 Å². The Balaban J connectivity index is 1.94. The average Bonchev–Trinajstić information content (AvgIpc) is 3.04. The van der Waals surface area contributed by atoms with E-state index in [1.807, 2.05) is 54.6 Å². The molecular formula is C23H18BrIN2O3S. The smallest absolute Gasteiger partial charge is 0.338 e. The summed E-state index contributed by atoms with van der Waals surface area (Å²) in [6.07, 6.45) is 1.86. The van der Waals surface area contributed by atoms with Crippen LogP contribution in [0.3, 0.4) is 0 Å². The van der Waals surface area contributed by atoms with Gasteiger partial charge >= 0.3 is 5.97 Å². The molecule has 0 bridgehead atoms. The Morgan fingerprint density at radius 3 is 2.55 bits per heavy atom. The predicted octanol–water partition coefficient (Wildman–Crippen LogP) is 4.17. The topological polar surface area (TPSA) is 60.7 Å². The van der Waals surface area contributed by atoms with E-state index in [0.29, 0.717) is 20.6 Å². The van der Waals surface area contributed by atoms with Crippen LogP contribution in [0.25, 0.3) is 6.08 Å². The highest BCUT2D eigenvalue weighted by Gasteiger charge is 2.33. The molecule has 4 rings (SSSR count). The molecule has 2 aromatic carbocycles. The van der Waals surface area contributed by atoms with Crippen LogP contribution in [0.5, 0.6) is 0 Å². The molecule has 0 unspecified atom stereocenters. The van der Waals surface area contributed by atoms with Crippen molar-refractivity contribution in [3.05, 3.63) is 98.7 Å². The average molecular weight is 609 g/mol. The molecule has 0 spiro atoms. The number of fused-ring (bicyclic) bond motifs is 1. The highest BCUT2D eigenvalue weighted by molar-refractivity contribution is 14.1. The molecule has 31 heavy (non-hydrogen) atoms. The van der Waals surface area contributed by atoms with E-state index in [2.05, 4.69) is 43.5 Å². The molecule has 0 saturated heterocycles. The number of allylic oxidation sites excluding steroid dienone is 1. The first-order valence-corrected chi connectivity index (χ1v) is 12.3. The van der Waals surface area contributed by atoms with Gasteiger partial charge in [-0.2, -0.15) is 0 Å². The maximum Gasteiger partial charge on any atom is 0.338 e. The summed E-state index contributed by atoms with van der Waals surface area (Å²) in [5.41, 5.74) is 2.53. The summed E-state index contributed by atoms with van der Waals surface area (Å²) in [6.45, 7) is 3.80. The van der Waals surface area contributed by atoms with Crippen molar-refractivity contribution in [1.82, 2.24) is 4.57 Å². The Kier molecular flexibility index (Phi) is 6.59. The summed E-state index contributed by atoms with van der Waals surface area (Å²) in [5, 5.41) is 0. The first-order valence-electron chi connectivity index (χ1n) is 9.59. The van der Waals surface area contributed by atoms with Gasteiger partial charge in [-0.25, -0.2) is 9.79 Å². The molecule has 1 atom stereocenters. The second-order valence-electron chi connectivity index (χ2n) is 6.91. The third kappa shape index (κ3) is 4.47. The second kappa shape index (κ2) is 9.22. The monoisotopic (exact) mass is 608 g/mol. The molecule has 0 N–H and O–H groups in total. The van der Waals surface area contributed by atoms with Crippen molar-refractivity contribution in [2.45, 2.75) is 19.9 Å². The van der Waals surface area contributed by atoms with Gasteiger partial charge < -0.3 is 4.74 Å². The molecule has 0 fully saturated rings. The number of thiazole rings is 1. The van der Waals surface area contributed by atoms with E-state index >= 15 is 0 Å². The molecule has 0 radical (unpaired) electrons. The van der Waals surface area contributed by atoms with Gasteiger partial charge in [0.15, 0.2) is 4.80 Å². The fourth-order valence-electron chi connectivity index (χ4n) is 3.46. The summed E-state index contributed by atoms with van der Waals surface area (Å²) in [5.74, 6) is -0.455. The zero-order valence-electron chi connectivity index (χ0n) is 16.8. The molecule has 8 heteroatoms. The van der Waals surface area contributed by atoms with Crippen molar-refractivity contribution >= 4 is 61.9 Å². The quantitative estimate of drug-likeness (QED) is 0.330. The second-order valence-corrected chi connectivity index (χ2v) is 10.1. The Labute approximate surface area is 205 Å². The first-order chi connectivity index (χ1) is 14.9. The van der Waals surface area contributed by atoms with Crippen molar-refractivity contribution in [3.63, 3.8) is 0 Å². The molecule has 1 aliphatic heterocycles. The fraction of sp³-hybridized carbons (Fsp3) is 0.174. The lowest BCUT2D eigenvalue weighted by Gasteiger charge is -2.24. The first kappa shape index (κ1) is 22.2. The number of benzene rings is 2. The van der Waals surface area contributed by atoms with Crippen molar-refractivity contribution in [1.29, 1.82) is 0 Å². The van der Waals surface area contributed by atoms with Gasteiger partial charge in [0.05, 0.1) is 28.5 Å². The number of nitrogens with zero attached hydrogens (tertiary/aromatic N) is 2. The zero-order valence-corrected chi connectivity index (χ0v) is 21.3. The third-order valence-corrected chi connectivity index (χ3v) is 7.10. The molecule has 5 nitrogen and oxygen atoms in total. The maximum atomic E-state index is 13.5. The highest BCUT2D eigenvalue weighted by Crippen LogP contribution is 2.31. The number of ether oxygens (including phenoxy) is 1. The van der Waals surface area contributed by atoms with Crippen molar-refractivity contribution in [2.24, 2.45) is 4.99 Å². The summed E-state index contributed by atoms with van der Waals surface area (Å²) in [7, 11) is 0. The van der Waals surface area contributed by atoms with E-state index in [9.17, 15) is 9.59 Å². The van der Waals surface area contributed by atoms with Crippen molar-refractivity contribution < 1.29 is 9.53 Å². The van der Waals surface area contributed by atoms with Gasteiger partial charge in [0.2, 0.25) is 0 Å². The molecule has 1 aromatic heterocycles. The van der Waals surface area contributed by atoms with Gasteiger partial charge in [-0.05, 0) is 77.9 Å². The van der Waals surface area contributed by atoms with E-state index in [4.69, 9.17) is 4.74 Å². The van der Waals surface area contributed by atoms with Crippen LogP contribution in [-0.2, 0) is 9.53 Å². The Morgan fingerprint density at radius 1 is 1.23 bits per heavy atom. The maximum absolute atomic E-state index is 13.5. The number of hydrogen-bond donors (Lipinski definition) is 0. The standard InChI is InChI=1S/C23H18BrIN2O3S/c1-3-30-22(29)19-13(2)26-23-27(20(19)15-6-8-16(24)9-7-15)21(28)18(31-23)12-14-4-10-17(25)11-5-14/h4-12,20H,3H2,1-2H3/b18-12-/t20-/m1/s1. The van der Waals surface area contributed by atoms with E-state index in [0.717, 1.165) is 19.2 Å². The summed E-state index contributed by atoms with van der Waals surface area (Å²) < 4.78 is 9.52. The minimum atomic E-state index is -0.595.